The molecule has 10 nitrogen and oxygen atoms in total. The number of hydroxylamine groups is 2. The molecule has 2 heterocycles. The molecule has 1 aliphatic rings. The number of nitrogens with zero attached hydrogens (tertiary/aromatic N) is 4. The fourth-order valence-electron chi connectivity index (χ4n) is 4.94. The predicted octanol–water partition coefficient (Wildman–Crippen LogP) is 3.33. The first-order chi connectivity index (χ1) is 20.9. The van der Waals surface area contributed by atoms with E-state index in [0.29, 0.717) is 25.9 Å². The number of methoxy groups -OCH3 is 1. The van der Waals surface area contributed by atoms with E-state index in [2.05, 4.69) is 4.98 Å². The molecule has 1 atom stereocenters. The number of hydrogen-bond donors (Lipinski definition) is 1. The van der Waals surface area contributed by atoms with Gasteiger partial charge < -0.3 is 4.74 Å². The van der Waals surface area contributed by atoms with Crippen molar-refractivity contribution in [3.05, 3.63) is 64.0 Å². The van der Waals surface area contributed by atoms with Gasteiger partial charge in [0.05, 0.1) is 34.6 Å². The molecule has 1 fully saturated rings. The third-order valence-corrected chi connectivity index (χ3v) is 10.2. The molecule has 0 radical (unpaired) electrons. The molecule has 0 aliphatic carbocycles. The second kappa shape index (κ2) is 12.7. The number of fused-ring (bicyclic) bond motifs is 1. The van der Waals surface area contributed by atoms with Gasteiger partial charge in [-0.2, -0.15) is 13.2 Å². The van der Waals surface area contributed by atoms with Gasteiger partial charge in [0.1, 0.15) is 5.82 Å². The van der Waals surface area contributed by atoms with Crippen molar-refractivity contribution in [3.8, 4) is 11.1 Å². The van der Waals surface area contributed by atoms with Crippen LogP contribution in [0.3, 0.4) is 0 Å². The molecule has 0 unspecified atom stereocenters. The highest BCUT2D eigenvalue weighted by atomic mass is 32.2. The molecule has 45 heavy (non-hydrogen) atoms. The number of likely N-dealkylation sites (tertiary alicyclic amines) is 1. The normalized spacial score (nSPS) is 16.0. The molecule has 246 valence electrons. The summed E-state index contributed by atoms with van der Waals surface area (Å²) >= 11 is 0. The molecule has 1 saturated heterocycles. The van der Waals surface area contributed by atoms with Crippen molar-refractivity contribution in [1.82, 2.24) is 19.5 Å². The van der Waals surface area contributed by atoms with Crippen LogP contribution in [-0.4, -0.2) is 95.6 Å². The van der Waals surface area contributed by atoms with Crippen LogP contribution in [0.2, 0.25) is 0 Å². The van der Waals surface area contributed by atoms with Crippen molar-refractivity contribution in [2.45, 2.75) is 43.3 Å². The maximum absolute atomic E-state index is 15.2. The molecular weight excluding hydrogens is 634 g/mol. The molecule has 0 spiro atoms. The molecule has 1 aromatic heterocycles. The maximum atomic E-state index is 15.2. The number of alkyl halides is 3. The second-order valence-corrected chi connectivity index (χ2v) is 13.7. The first-order valence-electron chi connectivity index (χ1n) is 13.5. The zero-order valence-corrected chi connectivity index (χ0v) is 25.2. The van der Waals surface area contributed by atoms with Crippen LogP contribution in [0.15, 0.2) is 35.4 Å². The molecule has 4 rings (SSSR count). The van der Waals surface area contributed by atoms with Crippen LogP contribution in [0.25, 0.3) is 22.0 Å². The number of halogens is 6. The minimum Gasteiger partial charge on any atom is -0.379 e. The summed E-state index contributed by atoms with van der Waals surface area (Å²) in [7, 11) is -2.63. The molecule has 17 heteroatoms. The Kier molecular flexibility index (Phi) is 9.68. The summed E-state index contributed by atoms with van der Waals surface area (Å²) < 4.78 is 112. The van der Waals surface area contributed by atoms with Crippen molar-refractivity contribution in [3.63, 3.8) is 0 Å². The van der Waals surface area contributed by atoms with Crippen LogP contribution < -0.4 is 5.56 Å². The van der Waals surface area contributed by atoms with E-state index in [1.165, 1.54) is 12.1 Å². The average molecular weight is 665 g/mol. The van der Waals surface area contributed by atoms with Gasteiger partial charge in [-0.05, 0) is 37.5 Å². The van der Waals surface area contributed by atoms with E-state index in [4.69, 9.17) is 4.74 Å². The van der Waals surface area contributed by atoms with Crippen LogP contribution >= 0.6 is 0 Å². The number of carbonyl (C=O) groups excluding carboxylic acids is 1. The molecule has 1 N–H and O–H groups in total. The summed E-state index contributed by atoms with van der Waals surface area (Å²) in [6.45, 7) is 1.09. The van der Waals surface area contributed by atoms with Gasteiger partial charge in [0, 0.05) is 50.7 Å². The van der Waals surface area contributed by atoms with E-state index in [1.54, 1.807) is 7.11 Å². The first-order valence-corrected chi connectivity index (χ1v) is 15.4. The van der Waals surface area contributed by atoms with Crippen LogP contribution in [0.4, 0.5) is 26.3 Å². The van der Waals surface area contributed by atoms with E-state index in [9.17, 15) is 40.8 Å². The smallest absolute Gasteiger partial charge is 0.379 e. The van der Waals surface area contributed by atoms with Gasteiger partial charge in [-0.15, -0.1) is 0 Å². The van der Waals surface area contributed by atoms with E-state index in [1.807, 2.05) is 4.90 Å². The van der Waals surface area contributed by atoms with Gasteiger partial charge in [-0.1, -0.05) is 12.1 Å². The van der Waals surface area contributed by atoms with Crippen molar-refractivity contribution < 1.29 is 49.5 Å². The zero-order chi connectivity index (χ0) is 33.5. The van der Waals surface area contributed by atoms with Crippen LogP contribution in [0.5, 0.6) is 0 Å². The summed E-state index contributed by atoms with van der Waals surface area (Å²) in [5.41, 5.74) is -1.60. The molecule has 0 bridgehead atoms. The van der Waals surface area contributed by atoms with Crippen molar-refractivity contribution in [2.24, 2.45) is 0 Å². The van der Waals surface area contributed by atoms with Gasteiger partial charge in [-0.3, -0.25) is 24.3 Å². The lowest BCUT2D eigenvalue weighted by atomic mass is 9.99. The predicted molar refractivity (Wildman–Crippen MR) is 150 cm³/mol. The first kappa shape index (κ1) is 34.3. The van der Waals surface area contributed by atoms with Crippen molar-refractivity contribution in [1.29, 1.82) is 0 Å². The Labute approximate surface area is 253 Å². The molecule has 1 aliphatic heterocycles. The zero-order valence-electron chi connectivity index (χ0n) is 24.4. The number of aromatic nitrogens is 2. The molecular formula is C28H30F6N4O6S. The third kappa shape index (κ3) is 7.15. The largest absolute Gasteiger partial charge is 0.473 e. The Hall–Kier alpha value is -3.54. The topological polar surface area (TPSA) is 122 Å². The van der Waals surface area contributed by atoms with E-state index < -0.39 is 79.8 Å². The summed E-state index contributed by atoms with van der Waals surface area (Å²) in [4.78, 5) is 30.5. The van der Waals surface area contributed by atoms with Crippen LogP contribution in [-0.2, 0) is 32.3 Å². The van der Waals surface area contributed by atoms with Crippen LogP contribution in [0.1, 0.15) is 18.9 Å². The highest BCUT2D eigenvalue weighted by molar-refractivity contribution is 7.92. The molecule has 2 aromatic carbocycles. The Bertz CT molecular complexity index is 1780. The molecule has 3 aromatic rings. The minimum atomic E-state index is -5.46. The maximum Gasteiger partial charge on any atom is 0.473 e. The number of hydrogen-bond acceptors (Lipinski definition) is 8. The lowest BCUT2D eigenvalue weighted by molar-refractivity contribution is -0.216. The van der Waals surface area contributed by atoms with E-state index in [-0.39, 0.29) is 34.6 Å². The third-order valence-electron chi connectivity index (χ3n) is 8.06. The van der Waals surface area contributed by atoms with E-state index in [0.717, 1.165) is 30.0 Å². The standard InChI is InChI=1S/C28H30F6N4O6S/c1-27(45(3,42)43,14-38(41)26(40)28(32,33)34)7-9-37-15-35-22-11-19(21(29)10-20(22)25(37)39)18-5-4-16(23(30)24(18)31)6-8-36-12-17(13-36)44-2/h4-5,10-11,15,17,41H,6-9,12-14H2,1-3H3/t27-/m1/s1. The quantitative estimate of drug-likeness (QED) is 0.188. The number of ether oxygens (including phenoxy) is 1. The highest BCUT2D eigenvalue weighted by Crippen LogP contribution is 2.31. The van der Waals surface area contributed by atoms with Crippen molar-refractivity contribution in [2.75, 3.05) is 39.5 Å². The fourth-order valence-corrected chi connectivity index (χ4v) is 5.76. The van der Waals surface area contributed by atoms with Gasteiger partial charge in [-0.25, -0.2) is 31.6 Å². The van der Waals surface area contributed by atoms with Crippen LogP contribution in [0, 0.1) is 17.5 Å². The van der Waals surface area contributed by atoms with Gasteiger partial charge in [0.15, 0.2) is 21.5 Å². The minimum absolute atomic E-state index is 0.0924. The lowest BCUT2D eigenvalue weighted by Gasteiger charge is -2.38. The highest BCUT2D eigenvalue weighted by Gasteiger charge is 2.46. The van der Waals surface area contributed by atoms with Gasteiger partial charge in [0.2, 0.25) is 0 Å². The Morgan fingerprint density at radius 2 is 1.78 bits per heavy atom. The molecule has 1 amide bonds. The number of amides is 1. The second-order valence-electron chi connectivity index (χ2n) is 11.2. The SMILES string of the molecule is COC1CN(CCc2ccc(-c3cc4ncn(CC[C@](C)(CN(O)C(=O)C(F)(F)F)S(C)(=O)=O)c(=O)c4cc3F)c(F)c2F)C1. The summed E-state index contributed by atoms with van der Waals surface area (Å²) in [6.07, 6.45) is -4.04. The number of rotatable bonds is 11. The number of sulfone groups is 1. The fraction of sp³-hybridized carbons (Fsp3) is 0.464. The summed E-state index contributed by atoms with van der Waals surface area (Å²) in [5, 5.41) is 8.60. The Balaban J connectivity index is 1.57. The summed E-state index contributed by atoms with van der Waals surface area (Å²) in [6, 6.07) is 4.41. The Morgan fingerprint density at radius 1 is 1.11 bits per heavy atom. The number of carbonyl (C=O) groups is 1. The number of benzene rings is 2. The molecule has 0 saturated carbocycles. The average Bonchev–Trinajstić information content (AvgIpc) is 2.93. The monoisotopic (exact) mass is 664 g/mol. The van der Waals surface area contributed by atoms with Gasteiger partial charge >= 0.3 is 12.1 Å². The lowest BCUT2D eigenvalue weighted by Crippen LogP contribution is -2.52. The number of aryl methyl sites for hydroxylation is 1. The van der Waals surface area contributed by atoms with Crippen molar-refractivity contribution >= 4 is 26.6 Å². The van der Waals surface area contributed by atoms with Gasteiger partial charge in [0.25, 0.3) is 5.56 Å². The Morgan fingerprint density at radius 3 is 2.38 bits per heavy atom. The summed E-state index contributed by atoms with van der Waals surface area (Å²) in [5.74, 6) is -6.16. The van der Waals surface area contributed by atoms with E-state index >= 15 is 8.78 Å².